The molecule has 0 N–H and O–H groups in total. The lowest BCUT2D eigenvalue weighted by Gasteiger charge is -2.32. The third kappa shape index (κ3) is 3.19. The molecule has 1 aliphatic heterocycles. The topological polar surface area (TPSA) is 55.6 Å². The van der Waals surface area contributed by atoms with Crippen LogP contribution in [0.25, 0.3) is 0 Å². The number of likely N-dealkylation sites (tertiary alicyclic amines) is 1. The van der Waals surface area contributed by atoms with Crippen LogP contribution in [0.2, 0.25) is 5.02 Å². The standard InChI is InChI=1S/C15H15ClN2O3/c16-13-8-17-5-3-14(13)21-12-2-1-6-18(9-12)15(19)11-4-7-20-10-11/h3-5,7-8,10,12H,1-2,6,9H2. The number of ether oxygens (including phenoxy) is 1. The van der Waals surface area contributed by atoms with Crippen LogP contribution < -0.4 is 4.74 Å². The average Bonchev–Trinajstić information content (AvgIpc) is 3.03. The number of carbonyl (C=O) groups excluding carboxylic acids is 1. The second kappa shape index (κ2) is 6.18. The van der Waals surface area contributed by atoms with Gasteiger partial charge in [0.15, 0.2) is 0 Å². The number of pyridine rings is 1. The molecule has 110 valence electrons. The number of amides is 1. The Balaban J connectivity index is 1.66. The first-order chi connectivity index (χ1) is 10.2. The van der Waals surface area contributed by atoms with Crippen molar-refractivity contribution in [2.45, 2.75) is 18.9 Å². The molecule has 5 nitrogen and oxygen atoms in total. The van der Waals surface area contributed by atoms with Crippen LogP contribution in [0.5, 0.6) is 5.75 Å². The maximum absolute atomic E-state index is 12.3. The second-order valence-electron chi connectivity index (χ2n) is 4.95. The Hall–Kier alpha value is -2.01. The first-order valence-corrected chi connectivity index (χ1v) is 7.19. The second-order valence-corrected chi connectivity index (χ2v) is 5.36. The van der Waals surface area contributed by atoms with Gasteiger partial charge in [0.2, 0.25) is 0 Å². The largest absolute Gasteiger partial charge is 0.487 e. The zero-order chi connectivity index (χ0) is 14.7. The fraction of sp³-hybridized carbons (Fsp3) is 0.333. The smallest absolute Gasteiger partial charge is 0.257 e. The molecule has 3 heterocycles. The van der Waals surface area contributed by atoms with E-state index in [0.29, 0.717) is 22.9 Å². The van der Waals surface area contributed by atoms with E-state index in [2.05, 4.69) is 4.98 Å². The molecule has 1 amide bonds. The maximum Gasteiger partial charge on any atom is 0.257 e. The van der Waals surface area contributed by atoms with Gasteiger partial charge in [-0.25, -0.2) is 0 Å². The zero-order valence-electron chi connectivity index (χ0n) is 11.4. The SMILES string of the molecule is O=C(c1ccoc1)N1CCCC(Oc2ccncc2Cl)C1. The van der Waals surface area contributed by atoms with Crippen molar-refractivity contribution in [1.29, 1.82) is 0 Å². The summed E-state index contributed by atoms with van der Waals surface area (Å²) in [6, 6.07) is 3.41. The molecule has 1 fully saturated rings. The summed E-state index contributed by atoms with van der Waals surface area (Å²) in [6.45, 7) is 1.27. The molecule has 1 atom stereocenters. The fourth-order valence-corrected chi connectivity index (χ4v) is 2.59. The quantitative estimate of drug-likeness (QED) is 0.874. The molecule has 0 aliphatic carbocycles. The Morgan fingerprint density at radius 2 is 2.38 bits per heavy atom. The molecule has 1 saturated heterocycles. The summed E-state index contributed by atoms with van der Waals surface area (Å²) in [5.74, 6) is 0.576. The molecule has 1 unspecified atom stereocenters. The molecule has 0 saturated carbocycles. The molecule has 0 radical (unpaired) electrons. The van der Waals surface area contributed by atoms with Crippen LogP contribution in [0, 0.1) is 0 Å². The van der Waals surface area contributed by atoms with E-state index in [1.54, 1.807) is 29.4 Å². The predicted molar refractivity (Wildman–Crippen MR) is 77.5 cm³/mol. The van der Waals surface area contributed by atoms with Gasteiger partial charge in [-0.2, -0.15) is 0 Å². The molecule has 3 rings (SSSR count). The van der Waals surface area contributed by atoms with E-state index >= 15 is 0 Å². The van der Waals surface area contributed by atoms with Gasteiger partial charge in [0, 0.05) is 25.0 Å². The number of nitrogens with zero attached hydrogens (tertiary/aromatic N) is 2. The Morgan fingerprint density at radius 1 is 1.48 bits per heavy atom. The third-order valence-electron chi connectivity index (χ3n) is 3.46. The van der Waals surface area contributed by atoms with Crippen molar-refractivity contribution in [2.24, 2.45) is 0 Å². The first kappa shape index (κ1) is 13.9. The highest BCUT2D eigenvalue weighted by Crippen LogP contribution is 2.26. The maximum atomic E-state index is 12.3. The van der Waals surface area contributed by atoms with Gasteiger partial charge in [-0.05, 0) is 18.9 Å². The van der Waals surface area contributed by atoms with Gasteiger partial charge in [0.05, 0.1) is 18.4 Å². The summed E-state index contributed by atoms with van der Waals surface area (Å²) >= 11 is 6.04. The van der Waals surface area contributed by atoms with E-state index in [0.717, 1.165) is 19.4 Å². The minimum atomic E-state index is -0.0606. The molecule has 2 aromatic rings. The van der Waals surface area contributed by atoms with E-state index < -0.39 is 0 Å². The number of halogens is 1. The van der Waals surface area contributed by atoms with E-state index in [9.17, 15) is 4.79 Å². The Morgan fingerprint density at radius 3 is 3.14 bits per heavy atom. The summed E-state index contributed by atoms with van der Waals surface area (Å²) in [5.41, 5.74) is 0.567. The van der Waals surface area contributed by atoms with Crippen molar-refractivity contribution >= 4 is 17.5 Å². The van der Waals surface area contributed by atoms with Crippen molar-refractivity contribution in [3.8, 4) is 5.75 Å². The summed E-state index contributed by atoms with van der Waals surface area (Å²) in [4.78, 5) is 18.0. The average molecular weight is 307 g/mol. The zero-order valence-corrected chi connectivity index (χ0v) is 12.1. The number of rotatable bonds is 3. The number of aromatic nitrogens is 1. The van der Waals surface area contributed by atoms with Crippen molar-refractivity contribution in [1.82, 2.24) is 9.88 Å². The molecule has 6 heteroatoms. The monoisotopic (exact) mass is 306 g/mol. The van der Waals surface area contributed by atoms with Crippen molar-refractivity contribution in [3.63, 3.8) is 0 Å². The van der Waals surface area contributed by atoms with Crippen LogP contribution in [-0.2, 0) is 0 Å². The van der Waals surface area contributed by atoms with Gasteiger partial charge in [-0.3, -0.25) is 9.78 Å². The van der Waals surface area contributed by atoms with Crippen molar-refractivity contribution in [2.75, 3.05) is 13.1 Å². The number of hydrogen-bond donors (Lipinski definition) is 0. The molecule has 21 heavy (non-hydrogen) atoms. The third-order valence-corrected chi connectivity index (χ3v) is 3.75. The van der Waals surface area contributed by atoms with Crippen molar-refractivity contribution < 1.29 is 13.9 Å². The molecular weight excluding hydrogens is 292 g/mol. The highest BCUT2D eigenvalue weighted by Gasteiger charge is 2.26. The minimum absolute atomic E-state index is 0.0297. The lowest BCUT2D eigenvalue weighted by Crippen LogP contribution is -2.44. The Bertz CT molecular complexity index is 615. The fourth-order valence-electron chi connectivity index (χ4n) is 2.43. The van der Waals surface area contributed by atoms with Gasteiger partial charge in [-0.1, -0.05) is 11.6 Å². The van der Waals surface area contributed by atoms with Crippen LogP contribution in [0.3, 0.4) is 0 Å². The summed E-state index contributed by atoms with van der Waals surface area (Å²) in [7, 11) is 0. The molecular formula is C15H15ClN2O3. The summed E-state index contributed by atoms with van der Waals surface area (Å²) in [6.07, 6.45) is 7.89. The van der Waals surface area contributed by atoms with Gasteiger partial charge < -0.3 is 14.1 Å². The van der Waals surface area contributed by atoms with Crippen LogP contribution in [0.15, 0.2) is 41.5 Å². The highest BCUT2D eigenvalue weighted by molar-refractivity contribution is 6.31. The van der Waals surface area contributed by atoms with Crippen LogP contribution in [0.4, 0.5) is 0 Å². The molecule has 0 spiro atoms. The Labute approximate surface area is 127 Å². The van der Waals surface area contributed by atoms with Gasteiger partial charge >= 0.3 is 0 Å². The lowest BCUT2D eigenvalue weighted by molar-refractivity contribution is 0.0537. The number of hydrogen-bond acceptors (Lipinski definition) is 4. The number of furan rings is 1. The molecule has 2 aromatic heterocycles. The summed E-state index contributed by atoms with van der Waals surface area (Å²) < 4.78 is 10.9. The van der Waals surface area contributed by atoms with Gasteiger partial charge in [0.25, 0.3) is 5.91 Å². The van der Waals surface area contributed by atoms with Crippen LogP contribution in [0.1, 0.15) is 23.2 Å². The van der Waals surface area contributed by atoms with Crippen LogP contribution >= 0.6 is 11.6 Å². The van der Waals surface area contributed by atoms with Gasteiger partial charge in [0.1, 0.15) is 23.1 Å². The van der Waals surface area contributed by atoms with Crippen LogP contribution in [-0.4, -0.2) is 35.0 Å². The normalized spacial score (nSPS) is 18.5. The Kier molecular flexibility index (Phi) is 4.10. The summed E-state index contributed by atoms with van der Waals surface area (Å²) in [5, 5.41) is 0.482. The first-order valence-electron chi connectivity index (χ1n) is 6.81. The molecule has 1 aliphatic rings. The van der Waals surface area contributed by atoms with E-state index in [1.807, 2.05) is 0 Å². The van der Waals surface area contributed by atoms with E-state index in [-0.39, 0.29) is 12.0 Å². The van der Waals surface area contributed by atoms with Gasteiger partial charge in [-0.15, -0.1) is 0 Å². The van der Waals surface area contributed by atoms with Crippen molar-refractivity contribution in [3.05, 3.63) is 47.6 Å². The van der Waals surface area contributed by atoms with E-state index in [4.69, 9.17) is 20.8 Å². The molecule has 0 aromatic carbocycles. The lowest BCUT2D eigenvalue weighted by atomic mass is 10.1. The van der Waals surface area contributed by atoms with E-state index in [1.165, 1.54) is 12.5 Å². The predicted octanol–water partition coefficient (Wildman–Crippen LogP) is 3.01. The number of piperidine rings is 1. The minimum Gasteiger partial charge on any atom is -0.487 e. The number of carbonyl (C=O) groups is 1. The molecule has 0 bridgehead atoms. The highest BCUT2D eigenvalue weighted by atomic mass is 35.5.